The maximum atomic E-state index is 12.1. The Hall–Kier alpha value is -2.93. The van der Waals surface area contributed by atoms with Gasteiger partial charge in [-0.05, 0) is 46.6 Å². The first-order valence-electron chi connectivity index (χ1n) is 10.3. The Balaban J connectivity index is 1.65. The van der Waals surface area contributed by atoms with Gasteiger partial charge in [0.15, 0.2) is 11.5 Å². The Labute approximate surface area is 195 Å². The van der Waals surface area contributed by atoms with Gasteiger partial charge in [-0.2, -0.15) is 10.4 Å². The summed E-state index contributed by atoms with van der Waals surface area (Å²) in [6.07, 6.45) is 1.55. The Kier molecular flexibility index (Phi) is 9.04. The number of halogens is 1. The van der Waals surface area contributed by atoms with Crippen LogP contribution in [0.1, 0.15) is 23.6 Å². The molecule has 0 bridgehead atoms. The lowest BCUT2D eigenvalue weighted by atomic mass is 10.1. The van der Waals surface area contributed by atoms with Crippen molar-refractivity contribution >= 4 is 28.1 Å². The van der Waals surface area contributed by atoms with Crippen molar-refractivity contribution in [1.82, 2.24) is 10.3 Å². The van der Waals surface area contributed by atoms with Crippen molar-refractivity contribution < 1.29 is 19.0 Å². The number of rotatable bonds is 9. The summed E-state index contributed by atoms with van der Waals surface area (Å²) in [6, 6.07) is 13.1. The molecule has 1 fully saturated rings. The van der Waals surface area contributed by atoms with Crippen LogP contribution in [0, 0.1) is 11.3 Å². The van der Waals surface area contributed by atoms with Gasteiger partial charge in [0.05, 0.1) is 48.7 Å². The van der Waals surface area contributed by atoms with E-state index in [9.17, 15) is 10.1 Å². The number of carbonyl (C=O) groups excluding carboxylic acids is 1. The van der Waals surface area contributed by atoms with Crippen LogP contribution < -0.4 is 14.9 Å². The van der Waals surface area contributed by atoms with Gasteiger partial charge in [0, 0.05) is 18.7 Å². The van der Waals surface area contributed by atoms with E-state index in [1.807, 2.05) is 36.1 Å². The second-order valence-corrected chi connectivity index (χ2v) is 7.86. The van der Waals surface area contributed by atoms with Crippen molar-refractivity contribution in [3.05, 3.63) is 57.6 Å². The first kappa shape index (κ1) is 23.7. The van der Waals surface area contributed by atoms with Gasteiger partial charge in [0.2, 0.25) is 0 Å². The molecule has 1 heterocycles. The molecule has 1 aliphatic heterocycles. The number of morpholine rings is 1. The van der Waals surface area contributed by atoms with Gasteiger partial charge in [-0.1, -0.05) is 18.2 Å². The summed E-state index contributed by atoms with van der Waals surface area (Å²) in [7, 11) is 0. The zero-order valence-corrected chi connectivity index (χ0v) is 19.4. The number of benzene rings is 2. The molecule has 0 aromatic heterocycles. The highest BCUT2D eigenvalue weighted by Crippen LogP contribution is 2.37. The lowest BCUT2D eigenvalue weighted by molar-refractivity contribution is -0.123. The monoisotopic (exact) mass is 500 g/mol. The van der Waals surface area contributed by atoms with Crippen molar-refractivity contribution in [2.75, 3.05) is 39.5 Å². The third-order valence-corrected chi connectivity index (χ3v) is 5.30. The van der Waals surface area contributed by atoms with Crippen LogP contribution in [0.4, 0.5) is 0 Å². The van der Waals surface area contributed by atoms with Crippen LogP contribution in [0.15, 0.2) is 46.0 Å². The molecule has 168 valence electrons. The molecule has 0 spiro atoms. The molecule has 32 heavy (non-hydrogen) atoms. The Bertz CT molecular complexity index is 1000. The number of nitrogens with zero attached hydrogens (tertiary/aromatic N) is 3. The smallest absolute Gasteiger partial charge is 0.254 e. The normalized spacial score (nSPS) is 14.2. The van der Waals surface area contributed by atoms with Gasteiger partial charge in [-0.3, -0.25) is 9.69 Å². The molecule has 1 saturated heterocycles. The zero-order valence-electron chi connectivity index (χ0n) is 17.8. The topological polar surface area (TPSA) is 96.2 Å². The number of amides is 1. The fraction of sp³-hybridized carbons (Fsp3) is 0.348. The Morgan fingerprint density at radius 2 is 2.09 bits per heavy atom. The summed E-state index contributed by atoms with van der Waals surface area (Å²) in [5.41, 5.74) is 4.64. The molecular weight excluding hydrogens is 476 g/mol. The average molecular weight is 501 g/mol. The predicted octanol–water partition coefficient (Wildman–Crippen LogP) is 3.08. The van der Waals surface area contributed by atoms with Crippen LogP contribution in [0.2, 0.25) is 0 Å². The van der Waals surface area contributed by atoms with Gasteiger partial charge in [-0.25, -0.2) is 5.43 Å². The Morgan fingerprint density at radius 3 is 2.84 bits per heavy atom. The van der Waals surface area contributed by atoms with Crippen molar-refractivity contribution in [2.45, 2.75) is 13.5 Å². The zero-order chi connectivity index (χ0) is 22.8. The molecule has 2 aromatic rings. The highest BCUT2D eigenvalue weighted by atomic mass is 79.9. The van der Waals surface area contributed by atoms with Gasteiger partial charge >= 0.3 is 0 Å². The maximum absolute atomic E-state index is 12.1. The van der Waals surface area contributed by atoms with E-state index < -0.39 is 0 Å². The predicted molar refractivity (Wildman–Crippen MR) is 124 cm³/mol. The maximum Gasteiger partial charge on any atom is 0.254 e. The van der Waals surface area contributed by atoms with Crippen LogP contribution in [-0.2, 0) is 16.1 Å². The summed E-state index contributed by atoms with van der Waals surface area (Å²) in [6.45, 7) is 5.61. The summed E-state index contributed by atoms with van der Waals surface area (Å²) in [5, 5.41) is 13.3. The molecule has 1 aliphatic rings. The molecule has 8 nitrogen and oxygen atoms in total. The fourth-order valence-electron chi connectivity index (χ4n) is 3.15. The molecule has 0 unspecified atom stereocenters. The molecular formula is C23H25BrN4O4. The first-order valence-corrected chi connectivity index (χ1v) is 11.1. The summed E-state index contributed by atoms with van der Waals surface area (Å²) >= 11 is 3.53. The first-order chi connectivity index (χ1) is 15.6. The van der Waals surface area contributed by atoms with Crippen LogP contribution in [0.5, 0.6) is 11.5 Å². The number of hydrogen-bond acceptors (Lipinski definition) is 7. The minimum Gasteiger partial charge on any atom is -0.490 e. The van der Waals surface area contributed by atoms with Crippen molar-refractivity contribution in [3.63, 3.8) is 0 Å². The number of hydrogen-bond donors (Lipinski definition) is 1. The second-order valence-electron chi connectivity index (χ2n) is 7.00. The standard InChI is InChI=1S/C23H25BrN4O4/c1-2-31-21-12-17(14-26-27-22(29)15-28-7-9-30-10-8-28)11-20(24)23(21)32-16-19-6-4-3-5-18(19)13-25/h3-6,11-12,14H,2,7-10,15-16H2,1H3,(H,27,29)/b26-14+. The molecule has 0 saturated carbocycles. The lowest BCUT2D eigenvalue weighted by Crippen LogP contribution is -2.42. The number of carbonyl (C=O) groups is 1. The van der Waals surface area contributed by atoms with Crippen LogP contribution in [-0.4, -0.2) is 56.5 Å². The lowest BCUT2D eigenvalue weighted by Gasteiger charge is -2.25. The number of nitriles is 1. The largest absolute Gasteiger partial charge is 0.490 e. The van der Waals surface area contributed by atoms with Crippen molar-refractivity contribution in [1.29, 1.82) is 5.26 Å². The fourth-order valence-corrected chi connectivity index (χ4v) is 3.72. The summed E-state index contributed by atoms with van der Waals surface area (Å²) < 4.78 is 17.7. The minimum absolute atomic E-state index is 0.177. The average Bonchev–Trinajstić information content (AvgIpc) is 2.79. The van der Waals surface area contributed by atoms with Gasteiger partial charge in [-0.15, -0.1) is 0 Å². The third kappa shape index (κ3) is 6.79. The molecule has 0 aliphatic carbocycles. The molecule has 0 radical (unpaired) electrons. The molecule has 1 amide bonds. The minimum atomic E-state index is -0.177. The number of hydrazone groups is 1. The SMILES string of the molecule is CCOc1cc(/C=N/NC(=O)CN2CCOCC2)cc(Br)c1OCc1ccccc1C#N. The quantitative estimate of drug-likeness (QED) is 0.419. The molecule has 3 rings (SSSR count). The molecule has 9 heteroatoms. The van der Waals surface area contributed by atoms with E-state index >= 15 is 0 Å². The van der Waals surface area contributed by atoms with E-state index in [1.54, 1.807) is 18.3 Å². The summed E-state index contributed by atoms with van der Waals surface area (Å²) in [4.78, 5) is 14.1. The number of nitrogens with one attached hydrogen (secondary N) is 1. The number of ether oxygens (including phenoxy) is 3. The van der Waals surface area contributed by atoms with E-state index in [1.165, 1.54) is 0 Å². The van der Waals surface area contributed by atoms with Gasteiger partial charge in [0.25, 0.3) is 5.91 Å². The van der Waals surface area contributed by atoms with E-state index in [0.29, 0.717) is 41.4 Å². The van der Waals surface area contributed by atoms with Crippen LogP contribution >= 0.6 is 15.9 Å². The van der Waals surface area contributed by atoms with E-state index in [-0.39, 0.29) is 19.1 Å². The van der Waals surface area contributed by atoms with Gasteiger partial charge < -0.3 is 14.2 Å². The molecule has 2 aromatic carbocycles. The van der Waals surface area contributed by atoms with Crippen LogP contribution in [0.3, 0.4) is 0 Å². The van der Waals surface area contributed by atoms with Gasteiger partial charge in [0.1, 0.15) is 6.61 Å². The van der Waals surface area contributed by atoms with Crippen molar-refractivity contribution in [3.8, 4) is 17.6 Å². The highest BCUT2D eigenvalue weighted by Gasteiger charge is 2.15. The highest BCUT2D eigenvalue weighted by molar-refractivity contribution is 9.10. The molecule has 1 N–H and O–H groups in total. The third-order valence-electron chi connectivity index (χ3n) is 4.72. The van der Waals surface area contributed by atoms with E-state index in [2.05, 4.69) is 32.5 Å². The second kappa shape index (κ2) is 12.2. The van der Waals surface area contributed by atoms with E-state index in [0.717, 1.165) is 24.2 Å². The van der Waals surface area contributed by atoms with Crippen LogP contribution in [0.25, 0.3) is 0 Å². The van der Waals surface area contributed by atoms with Crippen molar-refractivity contribution in [2.24, 2.45) is 5.10 Å². The Morgan fingerprint density at radius 1 is 1.31 bits per heavy atom. The molecule has 0 atom stereocenters. The summed E-state index contributed by atoms with van der Waals surface area (Å²) in [5.74, 6) is 0.897. The van der Waals surface area contributed by atoms with E-state index in [4.69, 9.17) is 14.2 Å².